The first-order valence-corrected chi connectivity index (χ1v) is 7.80. The Morgan fingerprint density at radius 3 is 2.70 bits per heavy atom. The summed E-state index contributed by atoms with van der Waals surface area (Å²) < 4.78 is 15.7. The van der Waals surface area contributed by atoms with Gasteiger partial charge < -0.3 is 4.57 Å². The van der Waals surface area contributed by atoms with E-state index < -0.39 is 0 Å². The summed E-state index contributed by atoms with van der Waals surface area (Å²) >= 11 is 7.67. The van der Waals surface area contributed by atoms with Gasteiger partial charge in [-0.25, -0.2) is 9.37 Å². The first kappa shape index (κ1) is 13.6. The second kappa shape index (κ2) is 5.19. The van der Waals surface area contributed by atoms with E-state index in [-0.39, 0.29) is 5.82 Å². The van der Waals surface area contributed by atoms with E-state index in [1.807, 2.05) is 6.07 Å². The normalized spacial score (nSPS) is 11.4. The van der Waals surface area contributed by atoms with Crippen molar-refractivity contribution in [2.45, 2.75) is 26.3 Å². The van der Waals surface area contributed by atoms with Gasteiger partial charge in [-0.15, -0.1) is 11.6 Å². The van der Waals surface area contributed by atoms with Crippen LogP contribution in [-0.2, 0) is 12.4 Å². The number of alkyl halides is 1. The first-order chi connectivity index (χ1) is 9.60. The van der Waals surface area contributed by atoms with Crippen molar-refractivity contribution in [1.82, 2.24) is 9.55 Å². The quantitative estimate of drug-likeness (QED) is 0.644. The SMILES string of the molecule is Cc1cc2c(cc1F)nc(CCl)n2Cc1cscc1C. The molecule has 0 atom stereocenters. The Morgan fingerprint density at radius 2 is 2.05 bits per heavy atom. The Balaban J connectivity index is 2.17. The minimum Gasteiger partial charge on any atom is -0.322 e. The van der Waals surface area contributed by atoms with Crippen molar-refractivity contribution in [3.8, 4) is 0 Å². The third-order valence-electron chi connectivity index (χ3n) is 3.52. The van der Waals surface area contributed by atoms with E-state index in [0.29, 0.717) is 17.0 Å². The molecular formula is C15H14ClFN2S. The van der Waals surface area contributed by atoms with Gasteiger partial charge in [0, 0.05) is 6.07 Å². The van der Waals surface area contributed by atoms with E-state index in [2.05, 4.69) is 27.2 Å². The molecule has 0 spiro atoms. The second-order valence-corrected chi connectivity index (χ2v) is 5.93. The van der Waals surface area contributed by atoms with Crippen molar-refractivity contribution in [2.75, 3.05) is 0 Å². The Hall–Kier alpha value is -1.39. The molecule has 0 unspecified atom stereocenters. The maximum absolute atomic E-state index is 13.7. The Bertz CT molecular complexity index is 776. The van der Waals surface area contributed by atoms with E-state index in [1.165, 1.54) is 17.2 Å². The van der Waals surface area contributed by atoms with Crippen LogP contribution in [0.4, 0.5) is 4.39 Å². The van der Waals surface area contributed by atoms with Gasteiger partial charge in [0.05, 0.1) is 23.5 Å². The molecule has 2 nitrogen and oxygen atoms in total. The molecular weight excluding hydrogens is 295 g/mol. The number of thiophene rings is 1. The fourth-order valence-corrected chi connectivity index (χ4v) is 3.35. The number of halogens is 2. The van der Waals surface area contributed by atoms with E-state index in [9.17, 15) is 4.39 Å². The van der Waals surface area contributed by atoms with Gasteiger partial charge in [-0.05, 0) is 47.4 Å². The van der Waals surface area contributed by atoms with Gasteiger partial charge in [-0.3, -0.25) is 0 Å². The Kier molecular flexibility index (Phi) is 3.52. The molecule has 0 aliphatic rings. The highest BCUT2D eigenvalue weighted by Crippen LogP contribution is 2.24. The van der Waals surface area contributed by atoms with Crippen LogP contribution in [0.5, 0.6) is 0 Å². The number of benzene rings is 1. The lowest BCUT2D eigenvalue weighted by Gasteiger charge is -2.08. The molecule has 0 fully saturated rings. The molecule has 0 aliphatic heterocycles. The summed E-state index contributed by atoms with van der Waals surface area (Å²) in [7, 11) is 0. The van der Waals surface area contributed by atoms with E-state index in [4.69, 9.17) is 11.6 Å². The van der Waals surface area contributed by atoms with Gasteiger partial charge in [0.1, 0.15) is 11.6 Å². The van der Waals surface area contributed by atoms with Gasteiger partial charge >= 0.3 is 0 Å². The molecule has 0 saturated carbocycles. The van der Waals surface area contributed by atoms with Gasteiger partial charge in [0.25, 0.3) is 0 Å². The Labute approximate surface area is 125 Å². The molecule has 0 radical (unpaired) electrons. The van der Waals surface area contributed by atoms with Crippen molar-refractivity contribution >= 4 is 34.0 Å². The molecule has 3 rings (SSSR count). The largest absolute Gasteiger partial charge is 0.322 e. The minimum absolute atomic E-state index is 0.227. The van der Waals surface area contributed by atoms with Crippen LogP contribution in [-0.4, -0.2) is 9.55 Å². The number of aryl methyl sites for hydroxylation is 2. The zero-order valence-corrected chi connectivity index (χ0v) is 12.9. The van der Waals surface area contributed by atoms with Gasteiger partial charge in [0.15, 0.2) is 0 Å². The molecule has 0 aliphatic carbocycles. The van der Waals surface area contributed by atoms with Crippen molar-refractivity contribution in [1.29, 1.82) is 0 Å². The first-order valence-electron chi connectivity index (χ1n) is 6.33. The average molecular weight is 309 g/mol. The number of nitrogens with zero attached hydrogens (tertiary/aromatic N) is 2. The molecule has 2 aromatic heterocycles. The van der Waals surface area contributed by atoms with Crippen LogP contribution in [0, 0.1) is 19.7 Å². The highest BCUT2D eigenvalue weighted by molar-refractivity contribution is 7.08. The topological polar surface area (TPSA) is 17.8 Å². The average Bonchev–Trinajstić information content (AvgIpc) is 2.96. The fraction of sp³-hybridized carbons (Fsp3) is 0.267. The fourth-order valence-electron chi connectivity index (χ4n) is 2.30. The van der Waals surface area contributed by atoms with Crippen molar-refractivity contribution in [3.05, 3.63) is 51.2 Å². The van der Waals surface area contributed by atoms with Gasteiger partial charge in [-0.2, -0.15) is 11.3 Å². The van der Waals surface area contributed by atoms with E-state index in [0.717, 1.165) is 17.9 Å². The summed E-state index contributed by atoms with van der Waals surface area (Å²) in [4.78, 5) is 4.44. The number of imidazole rings is 1. The summed E-state index contributed by atoms with van der Waals surface area (Å²) in [6.45, 7) is 4.58. The molecule has 1 aromatic carbocycles. The highest BCUT2D eigenvalue weighted by atomic mass is 35.5. The van der Waals surface area contributed by atoms with Crippen LogP contribution in [0.15, 0.2) is 22.9 Å². The summed E-state index contributed by atoms with van der Waals surface area (Å²) in [5.74, 6) is 0.866. The maximum atomic E-state index is 13.7. The molecule has 0 bridgehead atoms. The van der Waals surface area contributed by atoms with Crippen LogP contribution >= 0.6 is 22.9 Å². The standard InChI is InChI=1S/C15H14ClFN2S/c1-9-3-14-13(4-12(9)17)18-15(5-16)19(14)6-11-8-20-7-10(11)2/h3-4,7-8H,5-6H2,1-2H3. The van der Waals surface area contributed by atoms with E-state index >= 15 is 0 Å². The summed E-state index contributed by atoms with van der Waals surface area (Å²) in [5, 5.41) is 4.26. The molecule has 3 aromatic rings. The van der Waals surface area contributed by atoms with Crippen molar-refractivity contribution < 1.29 is 4.39 Å². The molecule has 0 N–H and O–H groups in total. The number of hydrogen-bond acceptors (Lipinski definition) is 2. The molecule has 0 saturated heterocycles. The monoisotopic (exact) mass is 308 g/mol. The number of aromatic nitrogens is 2. The van der Waals surface area contributed by atoms with Crippen molar-refractivity contribution in [3.63, 3.8) is 0 Å². The highest BCUT2D eigenvalue weighted by Gasteiger charge is 2.13. The molecule has 20 heavy (non-hydrogen) atoms. The second-order valence-electron chi connectivity index (χ2n) is 4.92. The van der Waals surface area contributed by atoms with Gasteiger partial charge in [0.2, 0.25) is 0 Å². The number of rotatable bonds is 3. The lowest BCUT2D eigenvalue weighted by molar-refractivity contribution is 0.620. The third-order valence-corrected chi connectivity index (χ3v) is 4.67. The predicted octanol–water partition coefficient (Wildman–Crippen LogP) is 4.64. The number of fused-ring (bicyclic) bond motifs is 1. The van der Waals surface area contributed by atoms with Crippen LogP contribution in [0.2, 0.25) is 0 Å². The zero-order chi connectivity index (χ0) is 14.3. The van der Waals surface area contributed by atoms with Crippen LogP contribution < -0.4 is 0 Å². The van der Waals surface area contributed by atoms with Crippen molar-refractivity contribution in [2.24, 2.45) is 0 Å². The lowest BCUT2D eigenvalue weighted by Crippen LogP contribution is -2.04. The van der Waals surface area contributed by atoms with Crippen LogP contribution in [0.25, 0.3) is 11.0 Å². The van der Waals surface area contributed by atoms with Crippen LogP contribution in [0.3, 0.4) is 0 Å². The van der Waals surface area contributed by atoms with E-state index in [1.54, 1.807) is 18.3 Å². The third kappa shape index (κ3) is 2.23. The lowest BCUT2D eigenvalue weighted by atomic mass is 10.2. The number of hydrogen-bond donors (Lipinski definition) is 0. The smallest absolute Gasteiger partial charge is 0.128 e. The maximum Gasteiger partial charge on any atom is 0.128 e. The predicted molar refractivity (Wildman–Crippen MR) is 82.1 cm³/mol. The summed E-state index contributed by atoms with van der Waals surface area (Å²) in [5.41, 5.74) is 4.74. The van der Waals surface area contributed by atoms with Gasteiger partial charge in [-0.1, -0.05) is 0 Å². The summed E-state index contributed by atoms with van der Waals surface area (Å²) in [6, 6.07) is 3.33. The molecule has 0 amide bonds. The molecule has 104 valence electrons. The molecule has 2 heterocycles. The Morgan fingerprint density at radius 1 is 1.25 bits per heavy atom. The molecule has 5 heteroatoms. The zero-order valence-electron chi connectivity index (χ0n) is 11.3. The summed E-state index contributed by atoms with van der Waals surface area (Å²) in [6.07, 6.45) is 0. The van der Waals surface area contributed by atoms with Crippen LogP contribution in [0.1, 0.15) is 22.5 Å². The minimum atomic E-state index is -0.227.